The van der Waals surface area contributed by atoms with Crippen LogP contribution < -0.4 is 5.32 Å². The molecule has 0 spiro atoms. The summed E-state index contributed by atoms with van der Waals surface area (Å²) in [7, 11) is 0. The fourth-order valence-electron chi connectivity index (χ4n) is 2.14. The zero-order valence-electron chi connectivity index (χ0n) is 10.6. The minimum atomic E-state index is -4.05. The molecule has 2 nitrogen and oxygen atoms in total. The summed E-state index contributed by atoms with van der Waals surface area (Å²) in [5.41, 5.74) is -0.846. The van der Waals surface area contributed by atoms with Crippen LogP contribution in [0.5, 0.6) is 0 Å². The number of rotatable bonds is 3. The Kier molecular flexibility index (Phi) is 4.47. The first-order valence-corrected chi connectivity index (χ1v) is 6.16. The lowest BCUT2D eigenvalue weighted by Gasteiger charge is -2.35. The highest BCUT2D eigenvalue weighted by molar-refractivity contribution is 4.86. The summed E-state index contributed by atoms with van der Waals surface area (Å²) in [6, 6.07) is -0.0232. The van der Waals surface area contributed by atoms with Crippen molar-refractivity contribution in [3.8, 4) is 0 Å². The number of alkyl halides is 3. The summed E-state index contributed by atoms with van der Waals surface area (Å²) in [6.07, 6.45) is -2.60. The number of hydrogen-bond donors (Lipinski definition) is 2. The van der Waals surface area contributed by atoms with Gasteiger partial charge in [-0.1, -0.05) is 0 Å². The summed E-state index contributed by atoms with van der Waals surface area (Å²) < 4.78 is 37.4. The van der Waals surface area contributed by atoms with Crippen molar-refractivity contribution in [2.75, 3.05) is 0 Å². The van der Waals surface area contributed by atoms with E-state index in [4.69, 9.17) is 0 Å². The van der Waals surface area contributed by atoms with E-state index in [0.29, 0.717) is 12.8 Å². The summed E-state index contributed by atoms with van der Waals surface area (Å²) in [5, 5.41) is 13.0. The van der Waals surface area contributed by atoms with Gasteiger partial charge in [0.2, 0.25) is 0 Å². The molecule has 0 bridgehead atoms. The lowest BCUT2D eigenvalue weighted by molar-refractivity contribution is -0.183. The van der Waals surface area contributed by atoms with Crippen molar-refractivity contribution in [1.82, 2.24) is 5.32 Å². The third kappa shape index (κ3) is 4.47. The number of nitrogens with one attached hydrogen (secondary N) is 1. The van der Waals surface area contributed by atoms with Gasteiger partial charge in [0.1, 0.15) is 0 Å². The summed E-state index contributed by atoms with van der Waals surface area (Å²) in [5.74, 6) is -1.14. The van der Waals surface area contributed by atoms with Crippen LogP contribution in [-0.4, -0.2) is 29.0 Å². The maximum atomic E-state index is 12.5. The molecular formula is C12H22F3NO. The van der Waals surface area contributed by atoms with Gasteiger partial charge >= 0.3 is 6.18 Å². The second-order valence-corrected chi connectivity index (χ2v) is 5.63. The highest BCUT2D eigenvalue weighted by Crippen LogP contribution is 2.37. The number of aliphatic hydroxyl groups is 1. The van der Waals surface area contributed by atoms with Crippen molar-refractivity contribution in [2.24, 2.45) is 5.92 Å². The van der Waals surface area contributed by atoms with E-state index in [0.717, 1.165) is 0 Å². The van der Waals surface area contributed by atoms with E-state index in [1.807, 2.05) is 6.92 Å². The summed E-state index contributed by atoms with van der Waals surface area (Å²) in [6.45, 7) is 5.26. The van der Waals surface area contributed by atoms with Gasteiger partial charge in [0, 0.05) is 12.1 Å². The van der Waals surface area contributed by atoms with Gasteiger partial charge in [0.05, 0.1) is 11.5 Å². The quantitative estimate of drug-likeness (QED) is 0.810. The van der Waals surface area contributed by atoms with Crippen LogP contribution in [-0.2, 0) is 0 Å². The smallest absolute Gasteiger partial charge is 0.389 e. The number of halogens is 3. The van der Waals surface area contributed by atoms with Crippen LogP contribution in [0.2, 0.25) is 0 Å². The molecule has 1 atom stereocenters. The predicted octanol–water partition coefficient (Wildman–Crippen LogP) is 2.86. The molecule has 102 valence electrons. The molecular weight excluding hydrogens is 231 g/mol. The zero-order chi connectivity index (χ0) is 13.3. The lowest BCUT2D eigenvalue weighted by Crippen LogP contribution is -2.50. The molecule has 0 aromatic rings. The van der Waals surface area contributed by atoms with E-state index < -0.39 is 17.7 Å². The molecule has 0 saturated heterocycles. The van der Waals surface area contributed by atoms with Crippen molar-refractivity contribution in [3.63, 3.8) is 0 Å². The van der Waals surface area contributed by atoms with Crippen molar-refractivity contribution in [1.29, 1.82) is 0 Å². The second kappa shape index (κ2) is 5.14. The van der Waals surface area contributed by atoms with Crippen molar-refractivity contribution < 1.29 is 18.3 Å². The Labute approximate surface area is 101 Å². The van der Waals surface area contributed by atoms with Gasteiger partial charge in [-0.05, 0) is 46.5 Å². The van der Waals surface area contributed by atoms with Gasteiger partial charge in [-0.3, -0.25) is 0 Å². The van der Waals surface area contributed by atoms with Gasteiger partial charge in [0.15, 0.2) is 0 Å². The third-order valence-corrected chi connectivity index (χ3v) is 3.74. The Morgan fingerprint density at radius 3 is 1.94 bits per heavy atom. The van der Waals surface area contributed by atoms with Crippen molar-refractivity contribution in [3.05, 3.63) is 0 Å². The highest BCUT2D eigenvalue weighted by atomic mass is 19.4. The molecule has 0 aromatic carbocycles. The van der Waals surface area contributed by atoms with E-state index in [9.17, 15) is 18.3 Å². The van der Waals surface area contributed by atoms with Crippen LogP contribution in [0.15, 0.2) is 0 Å². The molecule has 0 aromatic heterocycles. The summed E-state index contributed by atoms with van der Waals surface area (Å²) >= 11 is 0. The molecule has 1 rings (SSSR count). The van der Waals surface area contributed by atoms with Gasteiger partial charge in [-0.2, -0.15) is 13.2 Å². The maximum Gasteiger partial charge on any atom is 0.391 e. The van der Waals surface area contributed by atoms with Crippen LogP contribution in [0, 0.1) is 5.92 Å². The third-order valence-electron chi connectivity index (χ3n) is 3.74. The molecule has 1 aliphatic carbocycles. The van der Waals surface area contributed by atoms with Crippen LogP contribution in [0.4, 0.5) is 13.2 Å². The van der Waals surface area contributed by atoms with E-state index in [2.05, 4.69) is 5.32 Å². The Balaban J connectivity index is 2.38. The Bertz CT molecular complexity index is 239. The monoisotopic (exact) mass is 253 g/mol. The first-order chi connectivity index (χ1) is 7.60. The Hall–Kier alpha value is -0.290. The lowest BCUT2D eigenvalue weighted by atomic mass is 9.84. The minimum Gasteiger partial charge on any atom is -0.389 e. The number of hydrogen-bond acceptors (Lipinski definition) is 2. The molecule has 17 heavy (non-hydrogen) atoms. The molecule has 1 saturated carbocycles. The normalized spacial score (nSPS) is 29.1. The minimum absolute atomic E-state index is 0.0926. The van der Waals surface area contributed by atoms with E-state index in [1.165, 1.54) is 0 Å². The molecule has 1 aliphatic rings. The van der Waals surface area contributed by atoms with Crippen LogP contribution in [0.3, 0.4) is 0 Å². The molecule has 1 fully saturated rings. The zero-order valence-corrected chi connectivity index (χ0v) is 10.6. The Morgan fingerprint density at radius 2 is 1.59 bits per heavy atom. The fraction of sp³-hybridized carbons (Fsp3) is 1.00. The summed E-state index contributed by atoms with van der Waals surface area (Å²) in [4.78, 5) is 0. The average molecular weight is 253 g/mol. The second-order valence-electron chi connectivity index (χ2n) is 5.63. The topological polar surface area (TPSA) is 32.3 Å². The van der Waals surface area contributed by atoms with Crippen LogP contribution in [0.1, 0.15) is 46.5 Å². The van der Waals surface area contributed by atoms with Gasteiger partial charge < -0.3 is 10.4 Å². The SMILES string of the molecule is CC(NC1CCC(C(F)(F)F)CC1)C(C)(C)O. The maximum absolute atomic E-state index is 12.5. The van der Waals surface area contributed by atoms with Crippen molar-refractivity contribution >= 4 is 0 Å². The predicted molar refractivity (Wildman–Crippen MR) is 60.7 cm³/mol. The van der Waals surface area contributed by atoms with E-state index in [1.54, 1.807) is 13.8 Å². The van der Waals surface area contributed by atoms with Gasteiger partial charge in [0.25, 0.3) is 0 Å². The molecule has 5 heteroatoms. The molecule has 1 unspecified atom stereocenters. The first kappa shape index (κ1) is 14.8. The molecule has 0 amide bonds. The molecule has 2 N–H and O–H groups in total. The Morgan fingerprint density at radius 1 is 1.12 bits per heavy atom. The van der Waals surface area contributed by atoms with E-state index >= 15 is 0 Å². The van der Waals surface area contributed by atoms with Gasteiger partial charge in [-0.15, -0.1) is 0 Å². The molecule has 0 heterocycles. The fourth-order valence-corrected chi connectivity index (χ4v) is 2.14. The van der Waals surface area contributed by atoms with Crippen LogP contribution in [0.25, 0.3) is 0 Å². The van der Waals surface area contributed by atoms with Crippen LogP contribution >= 0.6 is 0 Å². The largest absolute Gasteiger partial charge is 0.391 e. The van der Waals surface area contributed by atoms with Gasteiger partial charge in [-0.25, -0.2) is 0 Å². The van der Waals surface area contributed by atoms with Crippen molar-refractivity contribution in [2.45, 2.75) is 70.3 Å². The van der Waals surface area contributed by atoms with E-state index in [-0.39, 0.29) is 24.9 Å². The standard InChI is InChI=1S/C12H22F3NO/c1-8(11(2,3)17)16-10-6-4-9(5-7-10)12(13,14)15/h8-10,16-17H,4-7H2,1-3H3. The average Bonchev–Trinajstić information content (AvgIpc) is 2.15. The highest BCUT2D eigenvalue weighted by Gasteiger charge is 2.41. The molecule has 0 aliphatic heterocycles. The first-order valence-electron chi connectivity index (χ1n) is 6.16. The molecule has 0 radical (unpaired) electrons.